The number of rotatable bonds is 6. The highest BCUT2D eigenvalue weighted by Crippen LogP contribution is 2.28. The van der Waals surface area contributed by atoms with Crippen molar-refractivity contribution in [3.05, 3.63) is 27.2 Å². The molecule has 1 rings (SSSR count). The third kappa shape index (κ3) is 4.86. The van der Waals surface area contributed by atoms with Crippen LogP contribution in [0.15, 0.2) is 16.6 Å². The summed E-state index contributed by atoms with van der Waals surface area (Å²) in [6.07, 6.45) is 1.91. The molecule has 100 valence electrons. The zero-order chi connectivity index (χ0) is 13.5. The monoisotopic (exact) mass is 333 g/mol. The van der Waals surface area contributed by atoms with Gasteiger partial charge in [-0.05, 0) is 47.0 Å². The van der Waals surface area contributed by atoms with Gasteiger partial charge in [0.2, 0.25) is 0 Å². The minimum atomic E-state index is -0.257. The van der Waals surface area contributed by atoms with Gasteiger partial charge in [-0.25, -0.2) is 0 Å². The number of aryl methyl sites for hydroxylation is 1. The summed E-state index contributed by atoms with van der Waals surface area (Å²) < 4.78 is 5.93. The first kappa shape index (κ1) is 15.3. The number of carbonyl (C=O) groups excluding carboxylic acids is 1. The Morgan fingerprint density at radius 3 is 2.89 bits per heavy atom. The van der Waals surface area contributed by atoms with E-state index in [1.165, 1.54) is 0 Å². The van der Waals surface area contributed by atoms with Gasteiger partial charge in [-0.2, -0.15) is 0 Å². The molecule has 0 aliphatic carbocycles. The van der Waals surface area contributed by atoms with E-state index in [0.717, 1.165) is 28.6 Å². The summed E-state index contributed by atoms with van der Waals surface area (Å²) in [5.74, 6) is -0.257. The van der Waals surface area contributed by atoms with Crippen LogP contribution in [0.1, 0.15) is 25.3 Å². The molecule has 0 amide bonds. The lowest BCUT2D eigenvalue weighted by atomic mass is 10.2. The van der Waals surface area contributed by atoms with Crippen LogP contribution in [0.25, 0.3) is 0 Å². The minimum Gasteiger partial charge on any atom is -0.464 e. The molecule has 0 heterocycles. The minimum absolute atomic E-state index is 0.141. The lowest BCUT2D eigenvalue weighted by Crippen LogP contribution is -2.17. The van der Waals surface area contributed by atoms with Gasteiger partial charge in [0.15, 0.2) is 0 Å². The van der Waals surface area contributed by atoms with Crippen molar-refractivity contribution in [3.63, 3.8) is 0 Å². The third-order valence-electron chi connectivity index (χ3n) is 2.43. The quantitative estimate of drug-likeness (QED) is 0.627. The Kier molecular flexibility index (Phi) is 6.50. The Hall–Kier alpha value is -0.740. The van der Waals surface area contributed by atoms with Crippen LogP contribution in [-0.2, 0) is 9.53 Å². The van der Waals surface area contributed by atoms with Crippen molar-refractivity contribution in [2.45, 2.75) is 26.7 Å². The summed E-state index contributed by atoms with van der Waals surface area (Å²) in [4.78, 5) is 11.4. The van der Waals surface area contributed by atoms with Crippen LogP contribution in [0.2, 0.25) is 5.02 Å². The standard InChI is InChI=1S/C13H17BrClNO2/c1-3-4-5-18-13(17)8-16-12-7-11(15)9(2)6-10(12)14/h6-7,16H,3-5,8H2,1-2H3. The number of anilines is 1. The van der Waals surface area contributed by atoms with Crippen molar-refractivity contribution in [1.29, 1.82) is 0 Å². The summed E-state index contributed by atoms with van der Waals surface area (Å²) in [6, 6.07) is 3.70. The summed E-state index contributed by atoms with van der Waals surface area (Å²) in [7, 11) is 0. The number of unbranched alkanes of at least 4 members (excludes halogenated alkanes) is 1. The van der Waals surface area contributed by atoms with Crippen LogP contribution in [0.3, 0.4) is 0 Å². The molecule has 0 fully saturated rings. The molecule has 1 N–H and O–H groups in total. The number of hydrogen-bond donors (Lipinski definition) is 1. The largest absolute Gasteiger partial charge is 0.464 e. The van der Waals surface area contributed by atoms with E-state index in [1.807, 2.05) is 13.0 Å². The Labute approximate surface area is 121 Å². The van der Waals surface area contributed by atoms with E-state index < -0.39 is 0 Å². The van der Waals surface area contributed by atoms with E-state index in [4.69, 9.17) is 16.3 Å². The molecule has 0 spiro atoms. The highest BCUT2D eigenvalue weighted by molar-refractivity contribution is 9.10. The fourth-order valence-corrected chi connectivity index (χ4v) is 2.09. The first-order valence-corrected chi connectivity index (χ1v) is 7.06. The lowest BCUT2D eigenvalue weighted by molar-refractivity contribution is -0.141. The van der Waals surface area contributed by atoms with E-state index in [2.05, 4.69) is 28.2 Å². The van der Waals surface area contributed by atoms with Crippen LogP contribution in [-0.4, -0.2) is 19.1 Å². The van der Waals surface area contributed by atoms with Crippen molar-refractivity contribution in [2.75, 3.05) is 18.5 Å². The van der Waals surface area contributed by atoms with Crippen LogP contribution >= 0.6 is 27.5 Å². The summed E-state index contributed by atoms with van der Waals surface area (Å²) >= 11 is 9.45. The molecule has 0 atom stereocenters. The van der Waals surface area contributed by atoms with Gasteiger partial charge in [-0.3, -0.25) is 4.79 Å². The molecule has 0 aliphatic rings. The highest BCUT2D eigenvalue weighted by Gasteiger charge is 2.07. The molecule has 0 saturated heterocycles. The normalized spacial score (nSPS) is 10.2. The van der Waals surface area contributed by atoms with Crippen molar-refractivity contribution in [3.8, 4) is 0 Å². The second-order valence-electron chi connectivity index (χ2n) is 4.01. The number of halogens is 2. The zero-order valence-corrected chi connectivity index (χ0v) is 12.9. The van der Waals surface area contributed by atoms with Crippen LogP contribution in [0, 0.1) is 6.92 Å². The number of ether oxygens (including phenoxy) is 1. The topological polar surface area (TPSA) is 38.3 Å². The first-order valence-electron chi connectivity index (χ1n) is 5.89. The Morgan fingerprint density at radius 2 is 2.22 bits per heavy atom. The third-order valence-corrected chi connectivity index (χ3v) is 3.50. The first-order chi connectivity index (χ1) is 8.54. The molecule has 1 aromatic rings. The van der Waals surface area contributed by atoms with E-state index in [-0.39, 0.29) is 12.5 Å². The molecule has 0 aliphatic heterocycles. The lowest BCUT2D eigenvalue weighted by Gasteiger charge is -2.10. The molecule has 0 saturated carbocycles. The molecule has 5 heteroatoms. The van der Waals surface area contributed by atoms with Crippen molar-refractivity contribution < 1.29 is 9.53 Å². The van der Waals surface area contributed by atoms with Gasteiger partial charge < -0.3 is 10.1 Å². The maximum Gasteiger partial charge on any atom is 0.325 e. The van der Waals surface area contributed by atoms with Gasteiger partial charge in [0.1, 0.15) is 6.54 Å². The smallest absolute Gasteiger partial charge is 0.325 e. The van der Waals surface area contributed by atoms with Crippen LogP contribution < -0.4 is 5.32 Å². The number of carbonyl (C=O) groups is 1. The maximum atomic E-state index is 11.4. The zero-order valence-electron chi connectivity index (χ0n) is 10.6. The van der Waals surface area contributed by atoms with E-state index in [9.17, 15) is 4.79 Å². The Balaban J connectivity index is 2.48. The molecule has 0 radical (unpaired) electrons. The van der Waals surface area contributed by atoms with Gasteiger partial charge in [0.05, 0.1) is 12.3 Å². The number of benzene rings is 1. The fraction of sp³-hybridized carbons (Fsp3) is 0.462. The van der Waals surface area contributed by atoms with Crippen molar-refractivity contribution >= 4 is 39.2 Å². The number of hydrogen-bond acceptors (Lipinski definition) is 3. The van der Waals surface area contributed by atoms with Gasteiger partial charge in [0.25, 0.3) is 0 Å². The number of nitrogens with one attached hydrogen (secondary N) is 1. The molecular weight excluding hydrogens is 318 g/mol. The van der Waals surface area contributed by atoms with Crippen molar-refractivity contribution in [1.82, 2.24) is 0 Å². The summed E-state index contributed by atoms with van der Waals surface area (Å²) in [6.45, 7) is 4.60. The van der Waals surface area contributed by atoms with E-state index >= 15 is 0 Å². The fourth-order valence-electron chi connectivity index (χ4n) is 1.33. The SMILES string of the molecule is CCCCOC(=O)CNc1cc(Cl)c(C)cc1Br. The Bertz CT molecular complexity index is 424. The second kappa shape index (κ2) is 7.64. The Morgan fingerprint density at radius 1 is 1.50 bits per heavy atom. The highest BCUT2D eigenvalue weighted by atomic mass is 79.9. The molecule has 0 aromatic heterocycles. The predicted molar refractivity (Wildman–Crippen MR) is 78.2 cm³/mol. The van der Waals surface area contributed by atoms with Gasteiger partial charge in [0, 0.05) is 9.50 Å². The summed E-state index contributed by atoms with van der Waals surface area (Å²) in [5.41, 5.74) is 1.78. The average Bonchev–Trinajstić information content (AvgIpc) is 2.32. The van der Waals surface area contributed by atoms with Crippen LogP contribution in [0.5, 0.6) is 0 Å². The number of esters is 1. The van der Waals surface area contributed by atoms with Gasteiger partial charge >= 0.3 is 5.97 Å². The maximum absolute atomic E-state index is 11.4. The van der Waals surface area contributed by atoms with E-state index in [0.29, 0.717) is 11.6 Å². The van der Waals surface area contributed by atoms with Gasteiger partial charge in [-0.1, -0.05) is 24.9 Å². The second-order valence-corrected chi connectivity index (χ2v) is 5.27. The molecule has 0 unspecified atom stereocenters. The van der Waals surface area contributed by atoms with E-state index in [1.54, 1.807) is 6.07 Å². The van der Waals surface area contributed by atoms with Crippen molar-refractivity contribution in [2.24, 2.45) is 0 Å². The molecular formula is C13H17BrClNO2. The van der Waals surface area contributed by atoms with Crippen LogP contribution in [0.4, 0.5) is 5.69 Å². The van der Waals surface area contributed by atoms with Gasteiger partial charge in [-0.15, -0.1) is 0 Å². The molecule has 0 bridgehead atoms. The molecule has 3 nitrogen and oxygen atoms in total. The predicted octanol–water partition coefficient (Wildman–Crippen LogP) is 4.17. The molecule has 18 heavy (non-hydrogen) atoms. The summed E-state index contributed by atoms with van der Waals surface area (Å²) in [5, 5.41) is 3.67. The average molecular weight is 335 g/mol. The molecule has 1 aromatic carbocycles.